The second-order valence-corrected chi connectivity index (χ2v) is 8.76. The van der Waals surface area contributed by atoms with Crippen LogP contribution in [0.4, 0.5) is 5.13 Å². The van der Waals surface area contributed by atoms with Crippen LogP contribution in [0.15, 0.2) is 78.0 Å². The normalized spacial score (nSPS) is 11.8. The molecule has 0 aliphatic heterocycles. The first-order valence-electron chi connectivity index (χ1n) is 9.58. The number of pyridine rings is 1. The van der Waals surface area contributed by atoms with Gasteiger partial charge in [-0.3, -0.25) is 14.3 Å². The fourth-order valence-corrected chi connectivity index (χ4v) is 4.46. The second kappa shape index (κ2) is 9.67. The van der Waals surface area contributed by atoms with E-state index in [1.165, 1.54) is 23.1 Å². The number of aromatic nitrogens is 5. The third-order valence-corrected chi connectivity index (χ3v) is 6.26. The van der Waals surface area contributed by atoms with Gasteiger partial charge in [0.05, 0.1) is 10.9 Å². The van der Waals surface area contributed by atoms with Gasteiger partial charge >= 0.3 is 0 Å². The SMILES string of the molecule is C=CCn1c(SC(C)C(=O)Nc2nc(-c3ccccc3)cs2)nnc1-c1ccncc1. The Bertz CT molecular complexity index is 1170. The predicted octanol–water partition coefficient (Wildman–Crippen LogP) is 4.77. The molecule has 0 radical (unpaired) electrons. The second-order valence-electron chi connectivity index (χ2n) is 6.59. The van der Waals surface area contributed by atoms with Crippen LogP contribution >= 0.6 is 23.1 Å². The summed E-state index contributed by atoms with van der Waals surface area (Å²) in [5, 5.41) is 14.3. The molecule has 3 aromatic heterocycles. The lowest BCUT2D eigenvalue weighted by Crippen LogP contribution is -2.22. The minimum Gasteiger partial charge on any atom is -0.301 e. The van der Waals surface area contributed by atoms with Crippen molar-refractivity contribution in [3.05, 3.63) is 72.9 Å². The van der Waals surface area contributed by atoms with Crippen molar-refractivity contribution in [2.75, 3.05) is 5.32 Å². The molecule has 31 heavy (non-hydrogen) atoms. The van der Waals surface area contributed by atoms with Gasteiger partial charge in [0, 0.05) is 35.4 Å². The molecule has 9 heteroatoms. The number of thioether (sulfide) groups is 1. The number of nitrogens with zero attached hydrogens (tertiary/aromatic N) is 5. The number of benzene rings is 1. The van der Waals surface area contributed by atoms with Gasteiger partial charge in [-0.15, -0.1) is 28.1 Å². The van der Waals surface area contributed by atoms with Crippen LogP contribution in [0.1, 0.15) is 6.92 Å². The van der Waals surface area contributed by atoms with E-state index < -0.39 is 0 Å². The fourth-order valence-electron chi connectivity index (χ4n) is 2.88. The molecule has 4 aromatic rings. The summed E-state index contributed by atoms with van der Waals surface area (Å²) in [6.07, 6.45) is 5.20. The molecule has 7 nitrogen and oxygen atoms in total. The van der Waals surface area contributed by atoms with Crippen molar-refractivity contribution < 1.29 is 4.79 Å². The van der Waals surface area contributed by atoms with Gasteiger partial charge < -0.3 is 5.32 Å². The Morgan fingerprint density at radius 2 is 1.97 bits per heavy atom. The van der Waals surface area contributed by atoms with Gasteiger partial charge in [-0.2, -0.15) is 0 Å². The van der Waals surface area contributed by atoms with Crippen molar-refractivity contribution in [2.24, 2.45) is 0 Å². The smallest absolute Gasteiger partial charge is 0.239 e. The average molecular weight is 449 g/mol. The zero-order valence-corrected chi connectivity index (χ0v) is 18.4. The van der Waals surface area contributed by atoms with Crippen molar-refractivity contribution in [3.63, 3.8) is 0 Å². The van der Waals surface area contributed by atoms with Gasteiger partial charge in [-0.05, 0) is 19.1 Å². The highest BCUT2D eigenvalue weighted by molar-refractivity contribution is 8.00. The Kier molecular flexibility index (Phi) is 6.54. The molecule has 0 aliphatic rings. The third-order valence-electron chi connectivity index (χ3n) is 4.42. The number of hydrogen-bond acceptors (Lipinski definition) is 7. The van der Waals surface area contributed by atoms with E-state index in [0.717, 1.165) is 16.8 Å². The molecule has 4 rings (SSSR count). The number of nitrogens with one attached hydrogen (secondary N) is 1. The van der Waals surface area contributed by atoms with E-state index in [2.05, 4.69) is 32.1 Å². The largest absolute Gasteiger partial charge is 0.301 e. The monoisotopic (exact) mass is 448 g/mol. The standard InChI is InChI=1S/C22H20N6OS2/c1-3-13-28-19(17-9-11-23-12-10-17)26-27-22(28)31-15(2)20(29)25-21-24-18(14-30-21)16-7-5-4-6-8-16/h3-12,14-15H,1,13H2,2H3,(H,24,25,29). The molecule has 0 saturated carbocycles. The maximum atomic E-state index is 12.8. The number of hydrogen-bond donors (Lipinski definition) is 1. The zero-order valence-electron chi connectivity index (χ0n) is 16.8. The lowest BCUT2D eigenvalue weighted by molar-refractivity contribution is -0.115. The van der Waals surface area contributed by atoms with Gasteiger partial charge in [0.15, 0.2) is 16.1 Å². The molecule has 1 aromatic carbocycles. The molecule has 0 fully saturated rings. The highest BCUT2D eigenvalue weighted by atomic mass is 32.2. The molecular weight excluding hydrogens is 428 g/mol. The van der Waals surface area contributed by atoms with Gasteiger partial charge in [0.2, 0.25) is 5.91 Å². The topological polar surface area (TPSA) is 85.6 Å². The number of allylic oxidation sites excluding steroid dienone is 1. The summed E-state index contributed by atoms with van der Waals surface area (Å²) in [5.74, 6) is 0.572. The van der Waals surface area contributed by atoms with Crippen LogP contribution in [0, 0.1) is 0 Å². The number of amides is 1. The van der Waals surface area contributed by atoms with Crippen LogP contribution < -0.4 is 5.32 Å². The van der Waals surface area contributed by atoms with Crippen LogP contribution in [-0.2, 0) is 11.3 Å². The van der Waals surface area contributed by atoms with Gasteiger partial charge in [-0.1, -0.05) is 48.2 Å². The zero-order chi connectivity index (χ0) is 21.6. The fraction of sp³-hybridized carbons (Fsp3) is 0.136. The van der Waals surface area contributed by atoms with E-state index in [-0.39, 0.29) is 11.2 Å². The van der Waals surface area contributed by atoms with E-state index in [4.69, 9.17) is 0 Å². The van der Waals surface area contributed by atoms with Crippen molar-refractivity contribution in [1.29, 1.82) is 0 Å². The van der Waals surface area contributed by atoms with E-state index in [9.17, 15) is 4.79 Å². The van der Waals surface area contributed by atoms with Gasteiger partial charge in [0.25, 0.3) is 0 Å². The molecule has 0 bridgehead atoms. The van der Waals surface area contributed by atoms with Crippen molar-refractivity contribution in [3.8, 4) is 22.6 Å². The minimum atomic E-state index is -0.387. The predicted molar refractivity (Wildman–Crippen MR) is 125 cm³/mol. The number of rotatable bonds is 8. The molecule has 1 atom stereocenters. The number of carbonyl (C=O) groups is 1. The van der Waals surface area contributed by atoms with Crippen LogP contribution in [0.3, 0.4) is 0 Å². The van der Waals surface area contributed by atoms with E-state index in [0.29, 0.717) is 22.7 Å². The highest BCUT2D eigenvalue weighted by Crippen LogP contribution is 2.29. The van der Waals surface area contributed by atoms with E-state index >= 15 is 0 Å². The first kappa shape index (κ1) is 21.0. The van der Waals surface area contributed by atoms with Crippen LogP contribution in [0.5, 0.6) is 0 Å². The number of anilines is 1. The number of thiazole rings is 1. The average Bonchev–Trinajstić information content (AvgIpc) is 3.43. The van der Waals surface area contributed by atoms with Crippen LogP contribution in [-0.4, -0.2) is 35.9 Å². The van der Waals surface area contributed by atoms with Gasteiger partial charge in [0.1, 0.15) is 0 Å². The quantitative estimate of drug-likeness (QED) is 0.309. The summed E-state index contributed by atoms with van der Waals surface area (Å²) in [6.45, 7) is 6.20. The first-order chi connectivity index (χ1) is 15.2. The van der Waals surface area contributed by atoms with E-state index in [1.54, 1.807) is 18.5 Å². The van der Waals surface area contributed by atoms with Crippen LogP contribution in [0.25, 0.3) is 22.6 Å². The summed E-state index contributed by atoms with van der Waals surface area (Å²) in [6, 6.07) is 13.6. The Morgan fingerprint density at radius 3 is 2.71 bits per heavy atom. The molecule has 156 valence electrons. The van der Waals surface area contributed by atoms with E-state index in [1.807, 2.05) is 59.3 Å². The molecule has 0 spiro atoms. The summed E-state index contributed by atoms with van der Waals surface area (Å²) in [5.41, 5.74) is 2.77. The lowest BCUT2D eigenvalue weighted by atomic mass is 10.2. The Morgan fingerprint density at radius 1 is 1.19 bits per heavy atom. The van der Waals surface area contributed by atoms with Crippen molar-refractivity contribution in [2.45, 2.75) is 23.9 Å². The lowest BCUT2D eigenvalue weighted by Gasteiger charge is -2.12. The maximum absolute atomic E-state index is 12.8. The minimum absolute atomic E-state index is 0.141. The highest BCUT2D eigenvalue weighted by Gasteiger charge is 2.21. The van der Waals surface area contributed by atoms with Crippen molar-refractivity contribution >= 4 is 34.1 Å². The molecule has 1 N–H and O–H groups in total. The molecule has 0 aliphatic carbocycles. The Hall–Kier alpha value is -3.30. The maximum Gasteiger partial charge on any atom is 0.239 e. The molecular formula is C22H20N6OS2. The van der Waals surface area contributed by atoms with Crippen LogP contribution in [0.2, 0.25) is 0 Å². The Labute approximate surface area is 188 Å². The van der Waals surface area contributed by atoms with Gasteiger partial charge in [-0.25, -0.2) is 4.98 Å². The third kappa shape index (κ3) is 4.89. The summed E-state index contributed by atoms with van der Waals surface area (Å²) < 4.78 is 1.94. The molecule has 3 heterocycles. The number of carbonyl (C=O) groups excluding carboxylic acids is 1. The molecule has 1 amide bonds. The summed E-state index contributed by atoms with van der Waals surface area (Å²) >= 11 is 2.75. The Balaban J connectivity index is 1.46. The molecule has 0 saturated heterocycles. The summed E-state index contributed by atoms with van der Waals surface area (Å²) in [7, 11) is 0. The van der Waals surface area contributed by atoms with Crippen molar-refractivity contribution in [1.82, 2.24) is 24.7 Å². The molecule has 1 unspecified atom stereocenters. The summed E-state index contributed by atoms with van der Waals surface area (Å²) in [4.78, 5) is 21.3. The first-order valence-corrected chi connectivity index (χ1v) is 11.3.